The molecule has 0 spiro atoms. The summed E-state index contributed by atoms with van der Waals surface area (Å²) in [6.45, 7) is 15.7. The molecular formula is C29H50O. The molecule has 0 aromatic rings. The van der Waals surface area contributed by atoms with Gasteiger partial charge in [0.2, 0.25) is 0 Å². The van der Waals surface area contributed by atoms with Crippen molar-refractivity contribution < 1.29 is 4.74 Å². The highest BCUT2D eigenvalue weighted by atomic mass is 16.5. The molecule has 8 atom stereocenters. The summed E-state index contributed by atoms with van der Waals surface area (Å²) >= 11 is 0. The zero-order valence-electron chi connectivity index (χ0n) is 21.0. The Hall–Kier alpha value is -0.300. The van der Waals surface area contributed by atoms with E-state index in [4.69, 9.17) is 4.74 Å². The third-order valence-electron chi connectivity index (χ3n) is 10.7. The van der Waals surface area contributed by atoms with E-state index in [0.717, 1.165) is 42.1 Å². The van der Waals surface area contributed by atoms with Crippen molar-refractivity contribution in [3.05, 3.63) is 11.6 Å². The lowest BCUT2D eigenvalue weighted by Crippen LogP contribution is -2.51. The van der Waals surface area contributed by atoms with Gasteiger partial charge in [-0.15, -0.1) is 0 Å². The van der Waals surface area contributed by atoms with Gasteiger partial charge in [-0.3, -0.25) is 0 Å². The van der Waals surface area contributed by atoms with Crippen LogP contribution in [0.15, 0.2) is 11.6 Å². The second kappa shape index (κ2) is 8.92. The molecule has 0 aromatic heterocycles. The molecule has 30 heavy (non-hydrogen) atoms. The number of fused-ring (bicyclic) bond motifs is 5. The molecule has 4 aliphatic rings. The van der Waals surface area contributed by atoms with Crippen LogP contribution in [0.3, 0.4) is 0 Å². The van der Waals surface area contributed by atoms with Crippen LogP contribution in [-0.2, 0) is 4.74 Å². The predicted molar refractivity (Wildman–Crippen MR) is 128 cm³/mol. The first-order valence-electron chi connectivity index (χ1n) is 13.6. The molecule has 0 bridgehead atoms. The van der Waals surface area contributed by atoms with Crippen LogP contribution in [0.5, 0.6) is 0 Å². The summed E-state index contributed by atoms with van der Waals surface area (Å²) in [5.41, 5.74) is 2.86. The van der Waals surface area contributed by atoms with Crippen LogP contribution in [0.1, 0.15) is 112 Å². The molecule has 0 amide bonds. The van der Waals surface area contributed by atoms with Gasteiger partial charge in [0.25, 0.3) is 0 Å². The molecule has 0 N–H and O–H groups in total. The Kier molecular flexibility index (Phi) is 6.80. The summed E-state index contributed by atoms with van der Waals surface area (Å²) in [6, 6.07) is 0. The Morgan fingerprint density at radius 3 is 2.53 bits per heavy atom. The molecule has 0 saturated heterocycles. The van der Waals surface area contributed by atoms with E-state index in [1.807, 2.05) is 0 Å². The molecule has 0 heterocycles. The molecule has 0 aromatic carbocycles. The average Bonchev–Trinajstić information content (AvgIpc) is 3.05. The SMILES string of the molecule is CCO[C@H]1CC[C@@]2(C)C(=CC[C@@H]3[C@H]4CC[C@@H]([C@H](C)CCCC(C)C)[C@]4(C)CC[C@H]32)C1. The lowest BCUT2D eigenvalue weighted by molar-refractivity contribution is -0.0630. The van der Waals surface area contributed by atoms with Gasteiger partial charge in [-0.2, -0.15) is 0 Å². The molecular weight excluding hydrogens is 364 g/mol. The molecule has 3 fully saturated rings. The Labute approximate surface area is 187 Å². The van der Waals surface area contributed by atoms with E-state index in [2.05, 4.69) is 47.6 Å². The summed E-state index contributed by atoms with van der Waals surface area (Å²) < 4.78 is 6.04. The van der Waals surface area contributed by atoms with Crippen molar-refractivity contribution in [2.45, 2.75) is 118 Å². The van der Waals surface area contributed by atoms with Gasteiger partial charge in [-0.25, -0.2) is 0 Å². The first-order chi connectivity index (χ1) is 14.3. The molecule has 4 rings (SSSR count). The summed E-state index contributed by atoms with van der Waals surface area (Å²) in [7, 11) is 0. The van der Waals surface area contributed by atoms with Crippen LogP contribution >= 0.6 is 0 Å². The second-order valence-electron chi connectivity index (χ2n) is 12.6. The van der Waals surface area contributed by atoms with E-state index < -0.39 is 0 Å². The zero-order chi connectivity index (χ0) is 21.5. The third-order valence-corrected chi connectivity index (χ3v) is 10.7. The second-order valence-corrected chi connectivity index (χ2v) is 12.6. The normalized spacial score (nSPS) is 44.2. The highest BCUT2D eigenvalue weighted by Crippen LogP contribution is 2.67. The maximum atomic E-state index is 6.04. The fourth-order valence-electron chi connectivity index (χ4n) is 9.03. The molecule has 4 aliphatic carbocycles. The fourth-order valence-corrected chi connectivity index (χ4v) is 9.03. The number of hydrogen-bond acceptors (Lipinski definition) is 1. The van der Waals surface area contributed by atoms with Crippen LogP contribution < -0.4 is 0 Å². The molecule has 1 nitrogen and oxygen atoms in total. The van der Waals surface area contributed by atoms with Crippen LogP contribution in [0.4, 0.5) is 0 Å². The van der Waals surface area contributed by atoms with Crippen molar-refractivity contribution in [3.8, 4) is 0 Å². The van der Waals surface area contributed by atoms with Crippen molar-refractivity contribution in [1.82, 2.24) is 0 Å². The van der Waals surface area contributed by atoms with Gasteiger partial charge in [0.1, 0.15) is 0 Å². The van der Waals surface area contributed by atoms with E-state index in [1.54, 1.807) is 5.57 Å². The van der Waals surface area contributed by atoms with Crippen molar-refractivity contribution in [2.24, 2.45) is 46.3 Å². The number of rotatable bonds is 7. The van der Waals surface area contributed by atoms with Gasteiger partial charge in [0.15, 0.2) is 0 Å². The molecule has 0 radical (unpaired) electrons. The van der Waals surface area contributed by atoms with Gasteiger partial charge in [-0.05, 0) is 105 Å². The fraction of sp³-hybridized carbons (Fsp3) is 0.931. The predicted octanol–water partition coefficient (Wildman–Crippen LogP) is 8.43. The maximum absolute atomic E-state index is 6.04. The third kappa shape index (κ3) is 3.95. The Morgan fingerprint density at radius 1 is 1.00 bits per heavy atom. The van der Waals surface area contributed by atoms with Gasteiger partial charge >= 0.3 is 0 Å². The van der Waals surface area contributed by atoms with Crippen LogP contribution in [0, 0.1) is 46.3 Å². The molecule has 172 valence electrons. The number of ether oxygens (including phenoxy) is 1. The van der Waals surface area contributed by atoms with Crippen molar-refractivity contribution >= 4 is 0 Å². The highest BCUT2D eigenvalue weighted by Gasteiger charge is 2.59. The lowest BCUT2D eigenvalue weighted by Gasteiger charge is -2.58. The van der Waals surface area contributed by atoms with Crippen molar-refractivity contribution in [2.75, 3.05) is 6.61 Å². The van der Waals surface area contributed by atoms with E-state index >= 15 is 0 Å². The monoisotopic (exact) mass is 414 g/mol. The van der Waals surface area contributed by atoms with Crippen LogP contribution in [0.2, 0.25) is 0 Å². The summed E-state index contributed by atoms with van der Waals surface area (Å²) in [6.07, 6.45) is 18.7. The minimum Gasteiger partial charge on any atom is -0.378 e. The Morgan fingerprint density at radius 2 is 1.80 bits per heavy atom. The Bertz CT molecular complexity index is 620. The highest BCUT2D eigenvalue weighted by molar-refractivity contribution is 5.25. The molecule has 3 saturated carbocycles. The molecule has 0 aliphatic heterocycles. The average molecular weight is 415 g/mol. The van der Waals surface area contributed by atoms with Gasteiger partial charge in [0, 0.05) is 6.61 Å². The number of allylic oxidation sites excluding steroid dienone is 1. The zero-order valence-corrected chi connectivity index (χ0v) is 21.0. The van der Waals surface area contributed by atoms with Crippen molar-refractivity contribution in [3.63, 3.8) is 0 Å². The van der Waals surface area contributed by atoms with E-state index in [0.29, 0.717) is 16.9 Å². The summed E-state index contributed by atoms with van der Waals surface area (Å²) in [5.74, 6) is 5.63. The first kappa shape index (κ1) is 22.9. The summed E-state index contributed by atoms with van der Waals surface area (Å²) in [5, 5.41) is 0. The minimum absolute atomic E-state index is 0.471. The topological polar surface area (TPSA) is 9.23 Å². The summed E-state index contributed by atoms with van der Waals surface area (Å²) in [4.78, 5) is 0. The molecule has 1 heteroatoms. The van der Waals surface area contributed by atoms with Gasteiger partial charge in [0.05, 0.1) is 6.10 Å². The van der Waals surface area contributed by atoms with E-state index in [9.17, 15) is 0 Å². The molecule has 0 unspecified atom stereocenters. The quantitative estimate of drug-likeness (QED) is 0.380. The lowest BCUT2D eigenvalue weighted by atomic mass is 9.47. The van der Waals surface area contributed by atoms with Crippen molar-refractivity contribution in [1.29, 1.82) is 0 Å². The smallest absolute Gasteiger partial charge is 0.0612 e. The van der Waals surface area contributed by atoms with Gasteiger partial charge < -0.3 is 4.74 Å². The minimum atomic E-state index is 0.471. The van der Waals surface area contributed by atoms with E-state index in [1.165, 1.54) is 70.6 Å². The van der Waals surface area contributed by atoms with Crippen LogP contribution in [-0.4, -0.2) is 12.7 Å². The van der Waals surface area contributed by atoms with Gasteiger partial charge in [-0.1, -0.05) is 65.5 Å². The van der Waals surface area contributed by atoms with E-state index in [-0.39, 0.29) is 0 Å². The van der Waals surface area contributed by atoms with Crippen LogP contribution in [0.25, 0.3) is 0 Å². The maximum Gasteiger partial charge on any atom is 0.0612 e. The first-order valence-corrected chi connectivity index (χ1v) is 13.6. The largest absolute Gasteiger partial charge is 0.378 e. The Balaban J connectivity index is 1.47. The number of hydrogen-bond donors (Lipinski definition) is 0. The standard InChI is InChI=1S/C29H50O/c1-7-30-23-15-17-28(5)22(19-23)11-12-24-26-14-13-25(21(4)10-8-9-20(2)3)29(26,6)18-16-27(24)28/h11,20-21,23-27H,7-10,12-19H2,1-6H3/t21-,23+,24-,25+,26-,27-,28+,29+/m1/s1.